The Bertz CT molecular complexity index is 273. The van der Waals surface area contributed by atoms with Crippen LogP contribution in [0, 0.1) is 11.8 Å². The molecule has 24 heavy (non-hydrogen) atoms. The van der Waals surface area contributed by atoms with Gasteiger partial charge in [-0.2, -0.15) is 0 Å². The van der Waals surface area contributed by atoms with E-state index in [1.807, 2.05) is 0 Å². The first-order valence-corrected chi connectivity index (χ1v) is 10.8. The summed E-state index contributed by atoms with van der Waals surface area (Å²) >= 11 is 0. The molecule has 144 valence electrons. The minimum Gasteiger partial charge on any atom is -0.465 e. The highest BCUT2D eigenvalue weighted by Crippen LogP contribution is 2.18. The number of esters is 1. The van der Waals surface area contributed by atoms with Gasteiger partial charge in [-0.05, 0) is 31.1 Å². The van der Waals surface area contributed by atoms with Crippen molar-refractivity contribution in [2.45, 2.75) is 118 Å². The van der Waals surface area contributed by atoms with Crippen molar-refractivity contribution in [1.29, 1.82) is 0 Å². The summed E-state index contributed by atoms with van der Waals surface area (Å²) < 4.78 is 5.56. The molecule has 0 N–H and O–H groups in total. The normalized spacial score (nSPS) is 12.5. The summed E-state index contributed by atoms with van der Waals surface area (Å²) in [5, 5.41) is 0. The Morgan fingerprint density at radius 2 is 1.33 bits per heavy atom. The van der Waals surface area contributed by atoms with Crippen LogP contribution in [-0.2, 0) is 9.53 Å². The van der Waals surface area contributed by atoms with E-state index >= 15 is 0 Å². The summed E-state index contributed by atoms with van der Waals surface area (Å²) in [6.45, 7) is 9.68. The van der Waals surface area contributed by atoms with E-state index in [1.165, 1.54) is 70.6 Å². The molecule has 0 radical (unpaired) electrons. The Labute approximate surface area is 152 Å². The van der Waals surface area contributed by atoms with Crippen LogP contribution in [0.3, 0.4) is 0 Å². The number of rotatable bonds is 17. The highest BCUT2D eigenvalue weighted by atomic mass is 16.5. The first-order valence-electron chi connectivity index (χ1n) is 10.8. The van der Waals surface area contributed by atoms with Crippen molar-refractivity contribution in [3.8, 4) is 0 Å². The number of ether oxygens (including phenoxy) is 1. The van der Waals surface area contributed by atoms with Crippen LogP contribution in [0.15, 0.2) is 0 Å². The van der Waals surface area contributed by atoms with Crippen molar-refractivity contribution < 1.29 is 9.53 Å². The third-order valence-electron chi connectivity index (χ3n) is 4.82. The van der Waals surface area contributed by atoms with Gasteiger partial charge in [-0.1, -0.05) is 91.9 Å². The SMILES string of the molecule is CCCCCCC(CCCC)COC(=O)CCCCCCC(C)C. The summed E-state index contributed by atoms with van der Waals surface area (Å²) in [5.41, 5.74) is 0. The van der Waals surface area contributed by atoms with Crippen LogP contribution in [0.1, 0.15) is 118 Å². The molecule has 0 aromatic rings. The number of hydrogen-bond acceptors (Lipinski definition) is 2. The molecule has 0 aliphatic carbocycles. The van der Waals surface area contributed by atoms with E-state index in [1.54, 1.807) is 0 Å². The standard InChI is InChI=1S/C22H44O2/c1-5-7-9-13-17-21(16-8-6-2)19-24-22(23)18-14-11-10-12-15-20(3)4/h20-21H,5-19H2,1-4H3. The third kappa shape index (κ3) is 16.3. The van der Waals surface area contributed by atoms with Crippen LogP contribution in [0.25, 0.3) is 0 Å². The van der Waals surface area contributed by atoms with E-state index in [4.69, 9.17) is 4.74 Å². The molecule has 0 aromatic heterocycles. The fourth-order valence-corrected chi connectivity index (χ4v) is 3.12. The highest BCUT2D eigenvalue weighted by molar-refractivity contribution is 5.69. The summed E-state index contributed by atoms with van der Waals surface area (Å²) in [4.78, 5) is 11.9. The van der Waals surface area contributed by atoms with Crippen molar-refractivity contribution in [2.24, 2.45) is 11.8 Å². The second kappa shape index (κ2) is 17.3. The number of hydrogen-bond donors (Lipinski definition) is 0. The molecule has 0 aliphatic heterocycles. The van der Waals surface area contributed by atoms with E-state index in [2.05, 4.69) is 27.7 Å². The van der Waals surface area contributed by atoms with E-state index in [9.17, 15) is 4.79 Å². The van der Waals surface area contributed by atoms with Gasteiger partial charge in [0.25, 0.3) is 0 Å². The predicted octanol–water partition coefficient (Wildman–Crippen LogP) is 7.30. The molecule has 0 amide bonds. The Balaban J connectivity index is 3.74. The quantitative estimate of drug-likeness (QED) is 0.205. The zero-order valence-corrected chi connectivity index (χ0v) is 17.1. The summed E-state index contributed by atoms with van der Waals surface area (Å²) in [6.07, 6.45) is 16.8. The van der Waals surface area contributed by atoms with Gasteiger partial charge in [0, 0.05) is 6.42 Å². The molecule has 0 aliphatic rings. The first-order chi connectivity index (χ1) is 11.6. The maximum atomic E-state index is 11.9. The van der Waals surface area contributed by atoms with Crippen molar-refractivity contribution in [3.63, 3.8) is 0 Å². The van der Waals surface area contributed by atoms with Gasteiger partial charge in [-0.25, -0.2) is 0 Å². The summed E-state index contributed by atoms with van der Waals surface area (Å²) in [6, 6.07) is 0. The third-order valence-corrected chi connectivity index (χ3v) is 4.82. The van der Waals surface area contributed by atoms with Crippen LogP contribution in [0.2, 0.25) is 0 Å². The molecule has 0 heterocycles. The lowest BCUT2D eigenvalue weighted by Gasteiger charge is -2.16. The van der Waals surface area contributed by atoms with E-state index in [0.29, 0.717) is 18.9 Å². The zero-order chi connectivity index (χ0) is 18.0. The van der Waals surface area contributed by atoms with Crippen molar-refractivity contribution in [1.82, 2.24) is 0 Å². The molecular formula is C22H44O2. The fourth-order valence-electron chi connectivity index (χ4n) is 3.12. The maximum Gasteiger partial charge on any atom is 0.305 e. The predicted molar refractivity (Wildman–Crippen MR) is 105 cm³/mol. The number of carbonyl (C=O) groups is 1. The van der Waals surface area contributed by atoms with Crippen molar-refractivity contribution in [2.75, 3.05) is 6.61 Å². The van der Waals surface area contributed by atoms with Crippen LogP contribution in [0.5, 0.6) is 0 Å². The van der Waals surface area contributed by atoms with E-state index < -0.39 is 0 Å². The Kier molecular flexibility index (Phi) is 16.9. The van der Waals surface area contributed by atoms with Crippen LogP contribution < -0.4 is 0 Å². The van der Waals surface area contributed by atoms with Gasteiger partial charge < -0.3 is 4.74 Å². The highest BCUT2D eigenvalue weighted by Gasteiger charge is 2.11. The summed E-state index contributed by atoms with van der Waals surface area (Å²) in [7, 11) is 0. The lowest BCUT2D eigenvalue weighted by molar-refractivity contribution is -0.145. The van der Waals surface area contributed by atoms with Gasteiger partial charge in [-0.15, -0.1) is 0 Å². The maximum absolute atomic E-state index is 11.9. The zero-order valence-electron chi connectivity index (χ0n) is 17.1. The number of unbranched alkanes of at least 4 members (excludes halogenated alkanes) is 7. The molecule has 1 unspecified atom stereocenters. The Hall–Kier alpha value is -0.530. The Morgan fingerprint density at radius 3 is 2.00 bits per heavy atom. The second-order valence-corrected chi connectivity index (χ2v) is 7.89. The van der Waals surface area contributed by atoms with Gasteiger partial charge in [0.05, 0.1) is 6.61 Å². The Morgan fingerprint density at radius 1 is 0.750 bits per heavy atom. The van der Waals surface area contributed by atoms with Gasteiger partial charge >= 0.3 is 5.97 Å². The molecule has 0 spiro atoms. The van der Waals surface area contributed by atoms with Crippen LogP contribution in [-0.4, -0.2) is 12.6 Å². The average molecular weight is 341 g/mol. The molecular weight excluding hydrogens is 296 g/mol. The fraction of sp³-hybridized carbons (Fsp3) is 0.955. The second-order valence-electron chi connectivity index (χ2n) is 7.89. The van der Waals surface area contributed by atoms with Gasteiger partial charge in [0.1, 0.15) is 0 Å². The summed E-state index contributed by atoms with van der Waals surface area (Å²) in [5.74, 6) is 1.40. The van der Waals surface area contributed by atoms with Crippen molar-refractivity contribution >= 4 is 5.97 Å². The molecule has 0 rings (SSSR count). The topological polar surface area (TPSA) is 26.3 Å². The van der Waals surface area contributed by atoms with Gasteiger partial charge in [0.15, 0.2) is 0 Å². The molecule has 2 nitrogen and oxygen atoms in total. The molecule has 0 saturated heterocycles. The van der Waals surface area contributed by atoms with Crippen LogP contribution >= 0.6 is 0 Å². The average Bonchev–Trinajstić information content (AvgIpc) is 2.56. The van der Waals surface area contributed by atoms with E-state index in [0.717, 1.165) is 18.8 Å². The van der Waals surface area contributed by atoms with Gasteiger partial charge in [-0.3, -0.25) is 4.79 Å². The van der Waals surface area contributed by atoms with E-state index in [-0.39, 0.29) is 5.97 Å². The first kappa shape index (κ1) is 23.5. The minimum atomic E-state index is 0.0221. The monoisotopic (exact) mass is 340 g/mol. The van der Waals surface area contributed by atoms with Crippen molar-refractivity contribution in [3.05, 3.63) is 0 Å². The lowest BCUT2D eigenvalue weighted by atomic mass is 9.96. The molecule has 1 atom stereocenters. The smallest absolute Gasteiger partial charge is 0.305 e. The van der Waals surface area contributed by atoms with Gasteiger partial charge in [0.2, 0.25) is 0 Å². The molecule has 0 bridgehead atoms. The minimum absolute atomic E-state index is 0.0221. The lowest BCUT2D eigenvalue weighted by Crippen LogP contribution is -2.14. The molecule has 0 saturated carbocycles. The molecule has 2 heteroatoms. The number of carbonyl (C=O) groups excluding carboxylic acids is 1. The molecule has 0 fully saturated rings. The van der Waals surface area contributed by atoms with Crippen LogP contribution in [0.4, 0.5) is 0 Å². The largest absolute Gasteiger partial charge is 0.465 e. The molecule has 0 aromatic carbocycles.